The molecule has 5 heteroatoms. The first-order valence-corrected chi connectivity index (χ1v) is 6.11. The van der Waals surface area contributed by atoms with Crippen LogP contribution in [0.25, 0.3) is 0 Å². The molecular weight excluding hydrogens is 222 g/mol. The molecule has 1 amide bonds. The Hall–Kier alpha value is -0.940. The maximum absolute atomic E-state index is 12.1. The highest BCUT2D eigenvalue weighted by Crippen LogP contribution is 2.20. The third-order valence-electron chi connectivity index (χ3n) is 2.66. The molecule has 0 aliphatic rings. The number of rotatable bonds is 4. The van der Waals surface area contributed by atoms with E-state index in [0.29, 0.717) is 13.1 Å². The second kappa shape index (κ2) is 4.93. The lowest BCUT2D eigenvalue weighted by molar-refractivity contribution is -0.138. The molecule has 16 heavy (non-hydrogen) atoms. The summed E-state index contributed by atoms with van der Waals surface area (Å²) in [6.07, 6.45) is 0. The summed E-state index contributed by atoms with van der Waals surface area (Å²) in [6, 6.07) is 0. The molecule has 1 heterocycles. The fourth-order valence-electron chi connectivity index (χ4n) is 1.37. The van der Waals surface area contributed by atoms with Crippen LogP contribution >= 0.6 is 11.3 Å². The number of nitrogens with two attached hydrogens (primary N) is 1. The van der Waals surface area contributed by atoms with Crippen LogP contribution in [0.1, 0.15) is 24.4 Å². The van der Waals surface area contributed by atoms with Crippen LogP contribution in [0.2, 0.25) is 0 Å². The van der Waals surface area contributed by atoms with Gasteiger partial charge in [0.15, 0.2) is 0 Å². The van der Waals surface area contributed by atoms with Crippen molar-refractivity contribution in [3.8, 4) is 0 Å². The molecule has 0 aromatic carbocycles. The molecule has 0 atom stereocenters. The third kappa shape index (κ3) is 2.80. The van der Waals surface area contributed by atoms with Gasteiger partial charge in [-0.25, -0.2) is 4.98 Å². The highest BCUT2D eigenvalue weighted by molar-refractivity contribution is 7.09. The van der Waals surface area contributed by atoms with Gasteiger partial charge in [0.1, 0.15) is 0 Å². The van der Waals surface area contributed by atoms with Crippen molar-refractivity contribution in [2.45, 2.75) is 27.3 Å². The number of hydrogen-bond acceptors (Lipinski definition) is 4. The zero-order valence-electron chi connectivity index (χ0n) is 10.3. The molecule has 0 fully saturated rings. The van der Waals surface area contributed by atoms with E-state index in [-0.39, 0.29) is 5.91 Å². The normalized spacial score (nSPS) is 11.6. The first-order chi connectivity index (χ1) is 7.38. The van der Waals surface area contributed by atoms with Gasteiger partial charge in [-0.15, -0.1) is 11.3 Å². The largest absolute Gasteiger partial charge is 0.340 e. The van der Waals surface area contributed by atoms with Gasteiger partial charge in [0.25, 0.3) is 0 Å². The van der Waals surface area contributed by atoms with E-state index in [1.807, 2.05) is 20.8 Å². The number of amides is 1. The number of aryl methyl sites for hydroxylation is 1. The summed E-state index contributed by atoms with van der Waals surface area (Å²) in [5, 5.41) is 0. The van der Waals surface area contributed by atoms with E-state index in [9.17, 15) is 4.79 Å². The summed E-state index contributed by atoms with van der Waals surface area (Å²) < 4.78 is 0. The Labute approximate surface area is 100 Å². The van der Waals surface area contributed by atoms with E-state index in [4.69, 9.17) is 5.73 Å². The highest BCUT2D eigenvalue weighted by Gasteiger charge is 2.29. The van der Waals surface area contributed by atoms with Gasteiger partial charge in [-0.2, -0.15) is 0 Å². The molecule has 4 nitrogen and oxygen atoms in total. The van der Waals surface area contributed by atoms with Crippen LogP contribution in [0.5, 0.6) is 0 Å². The smallest absolute Gasteiger partial charge is 0.229 e. The summed E-state index contributed by atoms with van der Waals surface area (Å²) in [7, 11) is 1.80. The molecule has 0 unspecified atom stereocenters. The van der Waals surface area contributed by atoms with Crippen LogP contribution < -0.4 is 5.73 Å². The van der Waals surface area contributed by atoms with E-state index in [1.165, 1.54) is 0 Å². The number of hydrogen-bond donors (Lipinski definition) is 1. The first-order valence-electron chi connectivity index (χ1n) is 5.23. The topological polar surface area (TPSA) is 59.2 Å². The fraction of sp³-hybridized carbons (Fsp3) is 0.636. The van der Waals surface area contributed by atoms with Crippen molar-refractivity contribution in [1.29, 1.82) is 0 Å². The van der Waals surface area contributed by atoms with E-state index >= 15 is 0 Å². The van der Waals surface area contributed by atoms with Crippen molar-refractivity contribution in [3.05, 3.63) is 16.1 Å². The van der Waals surface area contributed by atoms with Crippen LogP contribution in [0.15, 0.2) is 5.51 Å². The lowest BCUT2D eigenvalue weighted by Crippen LogP contribution is -2.42. The zero-order valence-corrected chi connectivity index (χ0v) is 11.1. The molecule has 0 aliphatic heterocycles. The Bertz CT molecular complexity index is 373. The minimum atomic E-state index is -0.493. The Balaban J connectivity index is 2.70. The second-order valence-electron chi connectivity index (χ2n) is 4.61. The van der Waals surface area contributed by atoms with E-state index in [1.54, 1.807) is 28.8 Å². The standard InChI is InChI=1S/C11H19N3OS/c1-8-9(16-7-13-8)5-14(4)10(15)11(2,3)6-12/h7H,5-6,12H2,1-4H3. The minimum Gasteiger partial charge on any atom is -0.340 e. The number of thiazole rings is 1. The van der Waals surface area contributed by atoms with E-state index in [0.717, 1.165) is 10.6 Å². The average Bonchev–Trinajstić information content (AvgIpc) is 2.63. The summed E-state index contributed by atoms with van der Waals surface area (Å²) in [5.41, 5.74) is 7.90. The van der Waals surface area contributed by atoms with Crippen LogP contribution in [-0.4, -0.2) is 29.4 Å². The lowest BCUT2D eigenvalue weighted by atomic mass is 9.92. The van der Waals surface area contributed by atoms with Crippen molar-refractivity contribution >= 4 is 17.2 Å². The molecule has 0 bridgehead atoms. The van der Waals surface area contributed by atoms with Crippen LogP contribution in [0, 0.1) is 12.3 Å². The molecule has 0 aliphatic carbocycles. The highest BCUT2D eigenvalue weighted by atomic mass is 32.1. The van der Waals surface area contributed by atoms with E-state index in [2.05, 4.69) is 4.98 Å². The zero-order chi connectivity index (χ0) is 12.3. The SMILES string of the molecule is Cc1ncsc1CN(C)C(=O)C(C)(C)CN. The molecule has 1 aromatic rings. The molecule has 1 rings (SSSR count). The summed E-state index contributed by atoms with van der Waals surface area (Å²) in [4.78, 5) is 19.1. The Morgan fingerprint density at radius 3 is 2.69 bits per heavy atom. The van der Waals surface area contributed by atoms with Gasteiger partial charge in [0.05, 0.1) is 23.2 Å². The molecule has 0 saturated carbocycles. The quantitative estimate of drug-likeness (QED) is 0.866. The van der Waals surface area contributed by atoms with Gasteiger partial charge >= 0.3 is 0 Å². The minimum absolute atomic E-state index is 0.0720. The van der Waals surface area contributed by atoms with Gasteiger partial charge in [-0.3, -0.25) is 4.79 Å². The molecule has 1 aromatic heterocycles. The van der Waals surface area contributed by atoms with Gasteiger partial charge in [0.2, 0.25) is 5.91 Å². The Morgan fingerprint density at radius 1 is 1.62 bits per heavy atom. The lowest BCUT2D eigenvalue weighted by Gasteiger charge is -2.27. The summed E-state index contributed by atoms with van der Waals surface area (Å²) >= 11 is 1.58. The van der Waals surface area contributed by atoms with Crippen molar-refractivity contribution in [2.24, 2.45) is 11.1 Å². The number of nitrogens with zero attached hydrogens (tertiary/aromatic N) is 2. The molecule has 0 radical (unpaired) electrons. The van der Waals surface area contributed by atoms with Crippen molar-refractivity contribution in [1.82, 2.24) is 9.88 Å². The van der Waals surface area contributed by atoms with Gasteiger partial charge < -0.3 is 10.6 Å². The summed E-state index contributed by atoms with van der Waals surface area (Å²) in [5.74, 6) is 0.0720. The Kier molecular flexibility index (Phi) is 4.04. The number of aromatic nitrogens is 1. The predicted molar refractivity (Wildman–Crippen MR) is 66.2 cm³/mol. The van der Waals surface area contributed by atoms with Crippen molar-refractivity contribution in [2.75, 3.05) is 13.6 Å². The van der Waals surface area contributed by atoms with Crippen LogP contribution in [-0.2, 0) is 11.3 Å². The maximum Gasteiger partial charge on any atom is 0.229 e. The maximum atomic E-state index is 12.1. The molecule has 0 saturated heterocycles. The summed E-state index contributed by atoms with van der Waals surface area (Å²) in [6.45, 7) is 6.66. The predicted octanol–water partition coefficient (Wildman–Crippen LogP) is 1.39. The fourth-order valence-corrected chi connectivity index (χ4v) is 2.20. The molecular formula is C11H19N3OS. The monoisotopic (exact) mass is 241 g/mol. The van der Waals surface area contributed by atoms with E-state index < -0.39 is 5.41 Å². The third-order valence-corrected chi connectivity index (χ3v) is 3.58. The first kappa shape index (κ1) is 13.1. The number of carbonyl (C=O) groups is 1. The van der Waals surface area contributed by atoms with Gasteiger partial charge in [0, 0.05) is 18.5 Å². The molecule has 2 N–H and O–H groups in total. The molecule has 0 spiro atoms. The van der Waals surface area contributed by atoms with Crippen LogP contribution in [0.4, 0.5) is 0 Å². The van der Waals surface area contributed by atoms with Crippen molar-refractivity contribution in [3.63, 3.8) is 0 Å². The van der Waals surface area contributed by atoms with Gasteiger partial charge in [-0.05, 0) is 20.8 Å². The molecule has 90 valence electrons. The Morgan fingerprint density at radius 2 is 2.25 bits per heavy atom. The van der Waals surface area contributed by atoms with Crippen LogP contribution in [0.3, 0.4) is 0 Å². The van der Waals surface area contributed by atoms with Crippen molar-refractivity contribution < 1.29 is 4.79 Å². The average molecular weight is 241 g/mol. The second-order valence-corrected chi connectivity index (χ2v) is 5.55. The number of carbonyl (C=O) groups excluding carboxylic acids is 1. The van der Waals surface area contributed by atoms with Gasteiger partial charge in [-0.1, -0.05) is 0 Å².